The number of hydrogen-bond acceptors (Lipinski definition) is 6. The summed E-state index contributed by atoms with van der Waals surface area (Å²) in [7, 11) is 1.64. The number of methoxy groups -OCH3 is 1. The van der Waals surface area contributed by atoms with Crippen molar-refractivity contribution in [2.75, 3.05) is 13.7 Å². The predicted molar refractivity (Wildman–Crippen MR) is 128 cm³/mol. The summed E-state index contributed by atoms with van der Waals surface area (Å²) in [4.78, 5) is 0. The third-order valence-electron chi connectivity index (χ3n) is 5.62. The first-order valence-electron chi connectivity index (χ1n) is 10.8. The van der Waals surface area contributed by atoms with Gasteiger partial charge in [0.25, 0.3) is 0 Å². The Morgan fingerprint density at radius 2 is 1.81 bits per heavy atom. The van der Waals surface area contributed by atoms with Crippen LogP contribution in [0.4, 0.5) is 0 Å². The molecule has 1 heterocycles. The summed E-state index contributed by atoms with van der Waals surface area (Å²) >= 11 is 0. The van der Waals surface area contributed by atoms with Crippen molar-refractivity contribution in [2.45, 2.75) is 58.3 Å². The van der Waals surface area contributed by atoms with Crippen molar-refractivity contribution >= 4 is 29.6 Å². The van der Waals surface area contributed by atoms with Crippen molar-refractivity contribution in [1.29, 1.82) is 0 Å². The number of aromatic nitrogens is 4. The molecule has 0 aliphatic rings. The summed E-state index contributed by atoms with van der Waals surface area (Å²) < 4.78 is 11.2. The summed E-state index contributed by atoms with van der Waals surface area (Å²) in [6.45, 7) is 6.98. The van der Waals surface area contributed by atoms with Gasteiger partial charge in [0, 0.05) is 17.0 Å². The van der Waals surface area contributed by atoms with Gasteiger partial charge in [-0.15, -0.1) is 10.2 Å². The van der Waals surface area contributed by atoms with Crippen LogP contribution in [0, 0.1) is 0 Å². The zero-order chi connectivity index (χ0) is 22.3. The summed E-state index contributed by atoms with van der Waals surface area (Å²) in [5.41, 5.74) is 2.74. The maximum absolute atomic E-state index is 10.6. The number of unbranched alkanes of at least 4 members (excludes halogenated alkanes) is 2. The van der Waals surface area contributed by atoms with Gasteiger partial charge in [-0.05, 0) is 48.6 Å². The monoisotopic (exact) mass is 448 g/mol. The first-order chi connectivity index (χ1) is 14.9. The molecule has 0 aliphatic heterocycles. The summed E-state index contributed by atoms with van der Waals surface area (Å²) in [6.07, 6.45) is 4.89. The van der Waals surface area contributed by atoms with E-state index < -0.39 is 0 Å². The normalized spacial score (nSPS) is 11.1. The Kier molecular flexibility index (Phi) is 10.0. The average molecular weight is 449 g/mol. The van der Waals surface area contributed by atoms with E-state index in [2.05, 4.69) is 41.4 Å². The minimum absolute atomic E-state index is 0. The molecule has 7 nitrogen and oxygen atoms in total. The number of nitrogens with one attached hydrogen (secondary N) is 1. The number of benzene rings is 2. The minimum atomic E-state index is -0.0910. The Balaban J connectivity index is 0.00000363. The number of aromatic amines is 1. The molecule has 0 atom stereocenters. The van der Waals surface area contributed by atoms with E-state index in [-0.39, 0.29) is 40.7 Å². The fourth-order valence-electron chi connectivity index (χ4n) is 3.61. The van der Waals surface area contributed by atoms with E-state index in [1.165, 1.54) is 0 Å². The molecule has 2 aromatic carbocycles. The average Bonchev–Trinajstić information content (AvgIpc) is 3.32. The van der Waals surface area contributed by atoms with E-state index in [9.17, 15) is 5.11 Å². The zero-order valence-electron chi connectivity index (χ0n) is 18.8. The number of rotatable bonds is 11. The standard InChI is InChI=1S/C24H32N4O3.Na.H/c1-5-17-15-20(18-9-11-19(30-4)12-10-18)21(29)16-22(17)31-14-8-6-7-13-24(2,3)23-25-27-28-26-23;;/h9-12,15-16,29H,5-8,13-14H2,1-4H3,(H,25,26,27,28);;. The Morgan fingerprint density at radius 3 is 2.44 bits per heavy atom. The number of nitrogens with zero attached hydrogens (tertiary/aromatic N) is 3. The molecule has 0 bridgehead atoms. The van der Waals surface area contributed by atoms with Crippen LogP contribution in [0.15, 0.2) is 36.4 Å². The van der Waals surface area contributed by atoms with Crippen molar-refractivity contribution in [3.8, 4) is 28.4 Å². The zero-order valence-corrected chi connectivity index (χ0v) is 18.8. The van der Waals surface area contributed by atoms with Crippen LogP contribution >= 0.6 is 0 Å². The number of phenols is 1. The van der Waals surface area contributed by atoms with E-state index >= 15 is 0 Å². The molecule has 3 aromatic rings. The number of H-pyrrole nitrogens is 1. The third-order valence-corrected chi connectivity index (χ3v) is 5.62. The molecule has 0 aliphatic carbocycles. The van der Waals surface area contributed by atoms with Crippen molar-refractivity contribution in [3.05, 3.63) is 47.8 Å². The van der Waals surface area contributed by atoms with Crippen molar-refractivity contribution in [2.24, 2.45) is 0 Å². The quantitative estimate of drug-likeness (QED) is 0.333. The van der Waals surface area contributed by atoms with Crippen LogP contribution in [0.1, 0.15) is 57.8 Å². The molecule has 0 radical (unpaired) electrons. The third kappa shape index (κ3) is 6.70. The number of ether oxygens (including phenoxy) is 2. The Morgan fingerprint density at radius 1 is 1.06 bits per heavy atom. The van der Waals surface area contributed by atoms with Gasteiger partial charge in [-0.2, -0.15) is 5.21 Å². The van der Waals surface area contributed by atoms with Gasteiger partial charge >= 0.3 is 29.6 Å². The van der Waals surface area contributed by atoms with E-state index in [1.54, 1.807) is 13.2 Å². The molecule has 0 saturated heterocycles. The second-order valence-electron chi connectivity index (χ2n) is 8.34. The molecule has 0 spiro atoms. The van der Waals surface area contributed by atoms with Gasteiger partial charge in [0.15, 0.2) is 5.82 Å². The number of aromatic hydroxyl groups is 1. The van der Waals surface area contributed by atoms with Crippen molar-refractivity contribution < 1.29 is 14.6 Å². The fraction of sp³-hybridized carbons (Fsp3) is 0.458. The van der Waals surface area contributed by atoms with Gasteiger partial charge in [0.1, 0.15) is 17.2 Å². The van der Waals surface area contributed by atoms with Crippen molar-refractivity contribution in [1.82, 2.24) is 20.6 Å². The van der Waals surface area contributed by atoms with Crippen LogP contribution in [-0.4, -0.2) is 69.0 Å². The maximum atomic E-state index is 10.6. The second kappa shape index (κ2) is 12.2. The fourth-order valence-corrected chi connectivity index (χ4v) is 3.61. The van der Waals surface area contributed by atoms with Gasteiger partial charge in [-0.3, -0.25) is 0 Å². The van der Waals surface area contributed by atoms with Crippen LogP contribution in [0.2, 0.25) is 0 Å². The summed E-state index contributed by atoms with van der Waals surface area (Å²) in [5.74, 6) is 2.52. The van der Waals surface area contributed by atoms with E-state index in [0.29, 0.717) is 6.61 Å². The molecule has 0 fully saturated rings. The Bertz CT molecular complexity index is 960. The predicted octanol–water partition coefficient (Wildman–Crippen LogP) is 4.41. The molecule has 168 valence electrons. The van der Waals surface area contributed by atoms with Crippen LogP contribution in [0.25, 0.3) is 11.1 Å². The molecule has 0 amide bonds. The first-order valence-corrected chi connectivity index (χ1v) is 10.8. The molecular formula is C24H33N4NaO3. The molecule has 3 rings (SSSR count). The van der Waals surface area contributed by atoms with Crippen LogP contribution < -0.4 is 9.47 Å². The first kappa shape index (κ1) is 26.2. The second-order valence-corrected chi connectivity index (χ2v) is 8.34. The number of phenolic OH excluding ortho intramolecular Hbond substituents is 1. The van der Waals surface area contributed by atoms with Crippen molar-refractivity contribution in [3.63, 3.8) is 0 Å². The van der Waals surface area contributed by atoms with Crippen LogP contribution in [0.3, 0.4) is 0 Å². The molecular weight excluding hydrogens is 415 g/mol. The number of hydrogen-bond donors (Lipinski definition) is 2. The topological polar surface area (TPSA) is 93.1 Å². The molecule has 1 aromatic heterocycles. The SMILES string of the molecule is CCc1cc(-c2ccc(OC)cc2)c(O)cc1OCCCCCC(C)(C)c1nn[nH]n1.[NaH]. The Hall–Kier alpha value is -2.09. The van der Waals surface area contributed by atoms with E-state index in [4.69, 9.17) is 9.47 Å². The summed E-state index contributed by atoms with van der Waals surface area (Å²) in [5, 5.41) is 25.0. The van der Waals surface area contributed by atoms with Gasteiger partial charge in [-0.25, -0.2) is 0 Å². The van der Waals surface area contributed by atoms with Crippen LogP contribution in [-0.2, 0) is 11.8 Å². The molecule has 0 saturated carbocycles. The van der Waals surface area contributed by atoms with Gasteiger partial charge in [-0.1, -0.05) is 51.0 Å². The van der Waals surface area contributed by atoms with E-state index in [1.807, 2.05) is 30.3 Å². The molecule has 0 unspecified atom stereocenters. The number of aryl methyl sites for hydroxylation is 1. The Labute approximate surface area is 212 Å². The summed E-state index contributed by atoms with van der Waals surface area (Å²) in [6, 6.07) is 11.4. The van der Waals surface area contributed by atoms with E-state index in [0.717, 1.165) is 66.1 Å². The van der Waals surface area contributed by atoms with Gasteiger partial charge < -0.3 is 14.6 Å². The van der Waals surface area contributed by atoms with Gasteiger partial charge in [0.2, 0.25) is 0 Å². The van der Waals surface area contributed by atoms with Crippen LogP contribution in [0.5, 0.6) is 17.2 Å². The van der Waals surface area contributed by atoms with Gasteiger partial charge in [0.05, 0.1) is 13.7 Å². The molecule has 8 heteroatoms. The molecule has 32 heavy (non-hydrogen) atoms. The molecule has 2 N–H and O–H groups in total. The number of tetrazole rings is 1.